The Labute approximate surface area is 161 Å². The molecule has 0 radical (unpaired) electrons. The molecule has 1 aliphatic rings. The maximum Gasteiger partial charge on any atom is 0.123 e. The van der Waals surface area contributed by atoms with Gasteiger partial charge in [0.2, 0.25) is 0 Å². The molecule has 0 aliphatic heterocycles. The average molecular weight is 356 g/mol. The topological polar surface area (TPSA) is 0 Å². The van der Waals surface area contributed by atoms with Gasteiger partial charge in [0, 0.05) is 11.1 Å². The van der Waals surface area contributed by atoms with E-state index in [-0.39, 0.29) is 5.82 Å². The van der Waals surface area contributed by atoms with Crippen molar-refractivity contribution < 1.29 is 4.39 Å². The molecule has 1 aliphatic carbocycles. The number of hydrogen-bond donors (Lipinski definition) is 0. The summed E-state index contributed by atoms with van der Waals surface area (Å²) in [4.78, 5) is 0. The van der Waals surface area contributed by atoms with Gasteiger partial charge in [-0.05, 0) is 90.3 Å². The summed E-state index contributed by atoms with van der Waals surface area (Å²) in [6.07, 6.45) is 6.70. The lowest BCUT2D eigenvalue weighted by Gasteiger charge is -2.28. The van der Waals surface area contributed by atoms with Gasteiger partial charge in [0.15, 0.2) is 0 Å². The van der Waals surface area contributed by atoms with Crippen molar-refractivity contribution in [1.82, 2.24) is 0 Å². The molecular weight excluding hydrogens is 331 g/mol. The lowest BCUT2D eigenvalue weighted by molar-refractivity contribution is 0.319. The third kappa shape index (κ3) is 4.22. The van der Waals surface area contributed by atoms with Gasteiger partial charge < -0.3 is 0 Å². The van der Waals surface area contributed by atoms with Crippen molar-refractivity contribution in [3.8, 4) is 11.8 Å². The van der Waals surface area contributed by atoms with Gasteiger partial charge in [-0.25, -0.2) is 4.39 Å². The van der Waals surface area contributed by atoms with Gasteiger partial charge >= 0.3 is 0 Å². The van der Waals surface area contributed by atoms with Crippen LogP contribution in [0.5, 0.6) is 0 Å². The Hall–Kier alpha value is -2.59. The second-order valence-electron chi connectivity index (χ2n) is 7.70. The van der Waals surface area contributed by atoms with Crippen LogP contribution in [0.2, 0.25) is 0 Å². The SMILES string of the molecule is CCC1CCC(c2ccc(C#Cc3ccc4cc(F)ccc4c3)cc2)CC1. The molecule has 0 saturated heterocycles. The monoisotopic (exact) mass is 356 g/mol. The quantitative estimate of drug-likeness (QED) is 0.431. The maximum absolute atomic E-state index is 13.3. The number of rotatable bonds is 2. The van der Waals surface area contributed by atoms with Crippen LogP contribution in [0.3, 0.4) is 0 Å². The van der Waals surface area contributed by atoms with E-state index in [2.05, 4.69) is 43.0 Å². The van der Waals surface area contributed by atoms with Gasteiger partial charge in [0.25, 0.3) is 0 Å². The molecule has 1 saturated carbocycles. The van der Waals surface area contributed by atoms with Crippen molar-refractivity contribution in [1.29, 1.82) is 0 Å². The summed E-state index contributed by atoms with van der Waals surface area (Å²) >= 11 is 0. The highest BCUT2D eigenvalue weighted by Gasteiger charge is 2.20. The second-order valence-corrected chi connectivity index (χ2v) is 7.70. The van der Waals surface area contributed by atoms with Crippen LogP contribution in [0.1, 0.15) is 61.6 Å². The standard InChI is InChI=1S/C26H25F/c1-2-19-5-10-22(11-6-19)23-12-7-20(8-13-23)3-4-21-9-14-25-18-26(27)16-15-24(25)17-21/h7-9,12-19,22H,2,5-6,10-11H2,1H3. The molecule has 0 unspecified atom stereocenters. The summed E-state index contributed by atoms with van der Waals surface area (Å²) in [7, 11) is 0. The minimum atomic E-state index is -0.204. The normalized spacial score (nSPS) is 19.5. The van der Waals surface area contributed by atoms with Crippen molar-refractivity contribution in [2.45, 2.75) is 44.9 Å². The van der Waals surface area contributed by atoms with Gasteiger partial charge in [-0.15, -0.1) is 0 Å². The zero-order valence-corrected chi connectivity index (χ0v) is 15.8. The Balaban J connectivity index is 1.47. The van der Waals surface area contributed by atoms with Gasteiger partial charge in [-0.3, -0.25) is 0 Å². The Kier molecular flexibility index (Phi) is 5.26. The summed E-state index contributed by atoms with van der Waals surface area (Å²) in [6, 6.07) is 19.5. The van der Waals surface area contributed by atoms with Crippen LogP contribution < -0.4 is 0 Å². The average Bonchev–Trinajstić information content (AvgIpc) is 2.72. The highest BCUT2D eigenvalue weighted by atomic mass is 19.1. The predicted octanol–water partition coefficient (Wildman–Crippen LogP) is 7.06. The molecule has 1 fully saturated rings. The summed E-state index contributed by atoms with van der Waals surface area (Å²) < 4.78 is 13.3. The van der Waals surface area contributed by atoms with E-state index in [0.717, 1.165) is 33.7 Å². The smallest absolute Gasteiger partial charge is 0.123 e. The molecule has 4 rings (SSSR count). The van der Waals surface area contributed by atoms with Crippen LogP contribution >= 0.6 is 0 Å². The van der Waals surface area contributed by atoms with E-state index in [1.165, 1.54) is 43.7 Å². The highest BCUT2D eigenvalue weighted by molar-refractivity contribution is 5.83. The third-order valence-corrected chi connectivity index (χ3v) is 5.96. The molecule has 0 nitrogen and oxygen atoms in total. The first-order valence-electron chi connectivity index (χ1n) is 10.0. The first kappa shape index (κ1) is 17.8. The van der Waals surface area contributed by atoms with Crippen molar-refractivity contribution >= 4 is 10.8 Å². The largest absolute Gasteiger partial charge is 0.207 e. The number of hydrogen-bond acceptors (Lipinski definition) is 0. The fourth-order valence-electron chi connectivity index (χ4n) is 4.18. The predicted molar refractivity (Wildman–Crippen MR) is 111 cm³/mol. The van der Waals surface area contributed by atoms with Crippen molar-refractivity contribution in [3.05, 3.63) is 83.2 Å². The molecular formula is C26H25F. The number of fused-ring (bicyclic) bond motifs is 1. The molecule has 0 aromatic heterocycles. The Morgan fingerprint density at radius 3 is 2.15 bits per heavy atom. The molecule has 0 bridgehead atoms. The van der Waals surface area contributed by atoms with Gasteiger partial charge in [0.1, 0.15) is 5.82 Å². The Morgan fingerprint density at radius 2 is 1.41 bits per heavy atom. The van der Waals surface area contributed by atoms with Crippen LogP contribution in [0.4, 0.5) is 4.39 Å². The summed E-state index contributed by atoms with van der Waals surface area (Å²) in [6.45, 7) is 2.31. The molecule has 0 atom stereocenters. The summed E-state index contributed by atoms with van der Waals surface area (Å²) in [5.74, 6) is 7.94. The first-order valence-corrected chi connectivity index (χ1v) is 10.0. The van der Waals surface area contributed by atoms with Gasteiger partial charge in [0.05, 0.1) is 0 Å². The van der Waals surface area contributed by atoms with Gasteiger partial charge in [-0.2, -0.15) is 0 Å². The zero-order valence-electron chi connectivity index (χ0n) is 15.8. The maximum atomic E-state index is 13.3. The van der Waals surface area contributed by atoms with E-state index in [1.54, 1.807) is 12.1 Å². The van der Waals surface area contributed by atoms with Crippen LogP contribution in [0.15, 0.2) is 60.7 Å². The molecule has 0 amide bonds. The summed E-state index contributed by atoms with van der Waals surface area (Å²) in [5, 5.41) is 1.92. The first-order chi connectivity index (χ1) is 13.2. The molecule has 0 heterocycles. The molecule has 0 spiro atoms. The molecule has 136 valence electrons. The Bertz CT molecular complexity index is 980. The molecule has 1 heteroatoms. The fourth-order valence-corrected chi connectivity index (χ4v) is 4.18. The highest BCUT2D eigenvalue weighted by Crippen LogP contribution is 2.36. The molecule has 0 N–H and O–H groups in total. The fraction of sp³-hybridized carbons (Fsp3) is 0.308. The number of halogens is 1. The van der Waals surface area contributed by atoms with E-state index >= 15 is 0 Å². The van der Waals surface area contributed by atoms with Crippen molar-refractivity contribution in [2.75, 3.05) is 0 Å². The molecule has 3 aromatic rings. The van der Waals surface area contributed by atoms with Crippen LogP contribution in [-0.2, 0) is 0 Å². The van der Waals surface area contributed by atoms with E-state index < -0.39 is 0 Å². The van der Waals surface area contributed by atoms with E-state index in [4.69, 9.17) is 0 Å². The van der Waals surface area contributed by atoms with E-state index in [1.807, 2.05) is 18.2 Å². The third-order valence-electron chi connectivity index (χ3n) is 5.96. The van der Waals surface area contributed by atoms with Crippen LogP contribution in [0.25, 0.3) is 10.8 Å². The lowest BCUT2D eigenvalue weighted by Crippen LogP contribution is -2.12. The zero-order chi connectivity index (χ0) is 18.6. The molecule has 27 heavy (non-hydrogen) atoms. The van der Waals surface area contributed by atoms with Crippen LogP contribution in [-0.4, -0.2) is 0 Å². The van der Waals surface area contributed by atoms with Gasteiger partial charge in [-0.1, -0.05) is 49.5 Å². The van der Waals surface area contributed by atoms with Crippen molar-refractivity contribution in [3.63, 3.8) is 0 Å². The summed E-state index contributed by atoms with van der Waals surface area (Å²) in [5.41, 5.74) is 3.46. The minimum Gasteiger partial charge on any atom is -0.207 e. The lowest BCUT2D eigenvalue weighted by atomic mass is 9.78. The Morgan fingerprint density at radius 1 is 0.778 bits per heavy atom. The second kappa shape index (κ2) is 7.97. The van der Waals surface area contributed by atoms with E-state index in [0.29, 0.717) is 0 Å². The molecule has 3 aromatic carbocycles. The van der Waals surface area contributed by atoms with E-state index in [9.17, 15) is 4.39 Å². The minimum absolute atomic E-state index is 0.204. The van der Waals surface area contributed by atoms with Crippen molar-refractivity contribution in [2.24, 2.45) is 5.92 Å². The number of benzene rings is 3. The van der Waals surface area contributed by atoms with Crippen LogP contribution in [0, 0.1) is 23.6 Å².